The average Bonchev–Trinajstić information content (AvgIpc) is 3.37. The first-order valence-electron chi connectivity index (χ1n) is 10.3. The van der Waals surface area contributed by atoms with Crippen LogP contribution < -0.4 is 5.48 Å². The van der Waals surface area contributed by atoms with Gasteiger partial charge in [-0.2, -0.15) is 4.98 Å². The molecule has 1 saturated heterocycles. The summed E-state index contributed by atoms with van der Waals surface area (Å²) in [6, 6.07) is -0.399. The summed E-state index contributed by atoms with van der Waals surface area (Å²) in [6.07, 6.45) is 9.78. The minimum atomic E-state index is -0.988. The van der Waals surface area contributed by atoms with Gasteiger partial charge in [-0.15, -0.1) is 0 Å². The molecule has 0 radical (unpaired) electrons. The number of hydroxylamine groups is 1. The van der Waals surface area contributed by atoms with Crippen LogP contribution in [-0.2, 0) is 4.79 Å². The molecule has 1 aromatic heterocycles. The van der Waals surface area contributed by atoms with Crippen LogP contribution in [0.3, 0.4) is 0 Å². The highest BCUT2D eigenvalue weighted by atomic mass is 16.5. The fraction of sp³-hybridized carbons (Fsp3) is 0.789. The van der Waals surface area contributed by atoms with E-state index in [1.165, 1.54) is 37.0 Å². The van der Waals surface area contributed by atoms with Gasteiger partial charge in [-0.1, -0.05) is 50.1 Å². The van der Waals surface area contributed by atoms with Gasteiger partial charge in [0.2, 0.25) is 11.8 Å². The zero-order valence-electron chi connectivity index (χ0n) is 16.2. The van der Waals surface area contributed by atoms with Gasteiger partial charge in [0.25, 0.3) is 0 Å². The first-order valence-corrected chi connectivity index (χ1v) is 10.3. The van der Waals surface area contributed by atoms with E-state index in [4.69, 9.17) is 9.73 Å². The number of carbonyl (C=O) groups excluding carboxylic acids is 1. The molecular formula is C19H30N4O5. The predicted octanol–water partition coefficient (Wildman–Crippen LogP) is 3.61. The second kappa shape index (κ2) is 9.86. The Morgan fingerprint density at radius 2 is 2.00 bits per heavy atom. The Morgan fingerprint density at radius 3 is 2.71 bits per heavy atom. The molecule has 3 N–H and O–H groups in total. The number of nitrogens with one attached hydrogen (secondary N) is 1. The first kappa shape index (κ1) is 20.6. The Hall–Kier alpha value is -2.16. The van der Waals surface area contributed by atoms with Gasteiger partial charge in [-0.05, 0) is 25.2 Å². The van der Waals surface area contributed by atoms with Crippen LogP contribution in [0.2, 0.25) is 0 Å². The highest BCUT2D eigenvalue weighted by molar-refractivity contribution is 5.75. The molecule has 0 spiro atoms. The molecule has 0 aromatic carbocycles. The number of hydrogen-bond acceptors (Lipinski definition) is 6. The van der Waals surface area contributed by atoms with E-state index in [-0.39, 0.29) is 12.3 Å². The minimum Gasteiger partial charge on any atom is -0.465 e. The number of aromatic nitrogens is 2. The Morgan fingerprint density at radius 1 is 1.21 bits per heavy atom. The van der Waals surface area contributed by atoms with Crippen molar-refractivity contribution in [1.29, 1.82) is 0 Å². The molecule has 9 nitrogen and oxygen atoms in total. The number of amides is 2. The molecule has 0 bridgehead atoms. The summed E-state index contributed by atoms with van der Waals surface area (Å²) in [5.41, 5.74) is 1.67. The lowest BCUT2D eigenvalue weighted by atomic mass is 9.84. The monoisotopic (exact) mass is 394 g/mol. The van der Waals surface area contributed by atoms with Gasteiger partial charge in [0.15, 0.2) is 5.82 Å². The Bertz CT molecular complexity index is 659. The second-order valence-electron chi connectivity index (χ2n) is 8.00. The van der Waals surface area contributed by atoms with Gasteiger partial charge in [0, 0.05) is 18.9 Å². The fourth-order valence-corrected chi connectivity index (χ4v) is 4.52. The zero-order valence-corrected chi connectivity index (χ0v) is 16.2. The number of carboxylic acid groups (broad SMARTS) is 1. The van der Waals surface area contributed by atoms with Crippen LogP contribution in [0.5, 0.6) is 0 Å². The van der Waals surface area contributed by atoms with E-state index < -0.39 is 18.0 Å². The Balaban J connectivity index is 1.63. The van der Waals surface area contributed by atoms with Gasteiger partial charge in [-0.25, -0.2) is 10.3 Å². The maximum atomic E-state index is 11.7. The summed E-state index contributed by atoms with van der Waals surface area (Å²) in [5, 5.41) is 22.2. The summed E-state index contributed by atoms with van der Waals surface area (Å²) in [7, 11) is 0. The van der Waals surface area contributed by atoms with E-state index in [2.05, 4.69) is 10.1 Å². The molecule has 156 valence electrons. The molecule has 1 aliphatic heterocycles. The highest BCUT2D eigenvalue weighted by Crippen LogP contribution is 2.33. The molecule has 0 unspecified atom stereocenters. The van der Waals surface area contributed by atoms with Crippen molar-refractivity contribution in [3.05, 3.63) is 11.7 Å². The van der Waals surface area contributed by atoms with Crippen LogP contribution in [0.15, 0.2) is 4.52 Å². The van der Waals surface area contributed by atoms with Gasteiger partial charge in [0.05, 0.1) is 6.04 Å². The van der Waals surface area contributed by atoms with Crippen molar-refractivity contribution in [3.63, 3.8) is 0 Å². The van der Waals surface area contributed by atoms with Crippen LogP contribution >= 0.6 is 0 Å². The Labute approximate surface area is 164 Å². The smallest absolute Gasteiger partial charge is 0.407 e. The van der Waals surface area contributed by atoms with Crippen molar-refractivity contribution >= 4 is 12.0 Å². The molecule has 9 heteroatoms. The van der Waals surface area contributed by atoms with Gasteiger partial charge >= 0.3 is 6.09 Å². The topological polar surface area (TPSA) is 129 Å². The van der Waals surface area contributed by atoms with Crippen molar-refractivity contribution in [2.75, 3.05) is 6.54 Å². The van der Waals surface area contributed by atoms with Crippen molar-refractivity contribution in [2.45, 2.75) is 82.6 Å². The third-order valence-electron chi connectivity index (χ3n) is 6.05. The van der Waals surface area contributed by atoms with E-state index >= 15 is 0 Å². The van der Waals surface area contributed by atoms with Crippen LogP contribution in [-0.4, -0.2) is 43.9 Å². The molecule has 1 aliphatic carbocycles. The van der Waals surface area contributed by atoms with Gasteiger partial charge in [0.1, 0.15) is 0 Å². The molecule has 1 saturated carbocycles. The van der Waals surface area contributed by atoms with E-state index in [1.807, 2.05) is 0 Å². The lowest BCUT2D eigenvalue weighted by molar-refractivity contribution is -0.129. The summed E-state index contributed by atoms with van der Waals surface area (Å²) >= 11 is 0. The summed E-state index contributed by atoms with van der Waals surface area (Å²) < 4.78 is 5.41. The predicted molar refractivity (Wildman–Crippen MR) is 98.7 cm³/mol. The first-order chi connectivity index (χ1) is 13.6. The normalized spacial score (nSPS) is 21.6. The molecule has 2 aliphatic rings. The van der Waals surface area contributed by atoms with Gasteiger partial charge < -0.3 is 9.63 Å². The van der Waals surface area contributed by atoms with E-state index in [9.17, 15) is 14.7 Å². The highest BCUT2D eigenvalue weighted by Gasteiger charge is 2.34. The molecule has 2 amide bonds. The minimum absolute atomic E-state index is 0.0656. The maximum absolute atomic E-state index is 11.7. The summed E-state index contributed by atoms with van der Waals surface area (Å²) in [5.74, 6) is 0.685. The van der Waals surface area contributed by atoms with E-state index in [1.54, 1.807) is 5.48 Å². The molecule has 3 rings (SSSR count). The lowest BCUT2D eigenvalue weighted by Crippen LogP contribution is -2.29. The van der Waals surface area contributed by atoms with Crippen LogP contribution in [0.1, 0.15) is 94.3 Å². The third kappa shape index (κ3) is 5.21. The molecule has 2 heterocycles. The largest absolute Gasteiger partial charge is 0.465 e. The SMILES string of the molecule is O=C(C[C@@H](CCCC1CCCCC1)c1nc([C@@H]2CCCN2C(=O)O)no1)NO. The van der Waals surface area contributed by atoms with Crippen molar-refractivity contribution in [3.8, 4) is 0 Å². The molecule has 1 aromatic rings. The number of rotatable bonds is 8. The van der Waals surface area contributed by atoms with E-state index in [0.717, 1.165) is 31.6 Å². The van der Waals surface area contributed by atoms with Crippen molar-refractivity contribution in [1.82, 2.24) is 20.5 Å². The Kier molecular flexibility index (Phi) is 7.24. The number of hydrogen-bond donors (Lipinski definition) is 3. The summed E-state index contributed by atoms with van der Waals surface area (Å²) in [4.78, 5) is 28.8. The van der Waals surface area contributed by atoms with Crippen LogP contribution in [0.25, 0.3) is 0 Å². The number of carbonyl (C=O) groups is 2. The van der Waals surface area contributed by atoms with Crippen LogP contribution in [0.4, 0.5) is 4.79 Å². The molecular weight excluding hydrogens is 364 g/mol. The zero-order chi connectivity index (χ0) is 19.9. The standard InChI is InChI=1S/C19H30N4O5/c24-16(21-27)12-14(9-4-8-13-6-2-1-3-7-13)18-20-17(22-28-18)15-10-5-11-23(15)19(25)26/h13-15,27H,1-12H2,(H,21,24)(H,25,26)/t14-,15+/m1/s1. The number of nitrogens with zero attached hydrogens (tertiary/aromatic N) is 3. The van der Waals surface area contributed by atoms with Gasteiger partial charge in [-0.3, -0.25) is 14.9 Å². The van der Waals surface area contributed by atoms with Crippen LogP contribution in [0, 0.1) is 5.92 Å². The lowest BCUT2D eigenvalue weighted by Gasteiger charge is -2.22. The quantitative estimate of drug-likeness (QED) is 0.454. The fourth-order valence-electron chi connectivity index (χ4n) is 4.52. The molecule has 2 fully saturated rings. The third-order valence-corrected chi connectivity index (χ3v) is 6.05. The van der Waals surface area contributed by atoms with Crippen molar-refractivity contribution < 1.29 is 24.4 Å². The molecule has 2 atom stereocenters. The molecule has 28 heavy (non-hydrogen) atoms. The van der Waals surface area contributed by atoms with Crippen molar-refractivity contribution in [2.24, 2.45) is 5.92 Å². The number of likely N-dealkylation sites (tertiary alicyclic amines) is 1. The maximum Gasteiger partial charge on any atom is 0.407 e. The van der Waals surface area contributed by atoms with E-state index in [0.29, 0.717) is 24.7 Å². The summed E-state index contributed by atoms with van der Waals surface area (Å²) in [6.45, 7) is 0.460. The second-order valence-corrected chi connectivity index (χ2v) is 8.00. The average molecular weight is 394 g/mol.